The maximum atomic E-state index is 6.22. The van der Waals surface area contributed by atoms with Gasteiger partial charge >= 0.3 is 0 Å². The molecule has 0 aliphatic carbocycles. The maximum absolute atomic E-state index is 6.22. The lowest BCUT2D eigenvalue weighted by Gasteiger charge is -2.19. The molecule has 108 valence electrons. The van der Waals surface area contributed by atoms with Crippen molar-refractivity contribution in [3.05, 3.63) is 46.5 Å². The van der Waals surface area contributed by atoms with E-state index in [1.54, 1.807) is 12.4 Å². The van der Waals surface area contributed by atoms with Crippen molar-refractivity contribution in [3.63, 3.8) is 0 Å². The summed E-state index contributed by atoms with van der Waals surface area (Å²) in [6.45, 7) is 8.02. The molecule has 0 bridgehead atoms. The highest BCUT2D eigenvalue weighted by molar-refractivity contribution is 6.31. The van der Waals surface area contributed by atoms with E-state index >= 15 is 0 Å². The highest BCUT2D eigenvalue weighted by Gasteiger charge is 2.17. The van der Waals surface area contributed by atoms with Crippen LogP contribution in [0.3, 0.4) is 0 Å². The van der Waals surface area contributed by atoms with Crippen molar-refractivity contribution in [2.24, 2.45) is 0 Å². The minimum Gasteiger partial charge on any atom is -0.309 e. The quantitative estimate of drug-likeness (QED) is 0.889. The number of aromatic nitrogens is 3. The van der Waals surface area contributed by atoms with Gasteiger partial charge in [0.1, 0.15) is 0 Å². The molecule has 1 N–H and O–H groups in total. The second-order valence-corrected chi connectivity index (χ2v) is 5.22. The van der Waals surface area contributed by atoms with Crippen molar-refractivity contribution in [1.29, 1.82) is 0 Å². The number of nitrogens with zero attached hydrogens (tertiary/aromatic N) is 3. The zero-order chi connectivity index (χ0) is 14.5. The average molecular weight is 293 g/mol. The fourth-order valence-corrected chi connectivity index (χ4v) is 2.61. The molecule has 2 rings (SSSR count). The topological polar surface area (TPSA) is 42.7 Å². The van der Waals surface area contributed by atoms with Crippen LogP contribution in [0.2, 0.25) is 5.02 Å². The van der Waals surface area contributed by atoms with Crippen molar-refractivity contribution in [3.8, 4) is 0 Å². The second kappa shape index (κ2) is 6.86. The van der Waals surface area contributed by atoms with Gasteiger partial charge in [0.05, 0.1) is 22.5 Å². The van der Waals surface area contributed by atoms with Crippen molar-refractivity contribution >= 4 is 11.6 Å². The van der Waals surface area contributed by atoms with Gasteiger partial charge in [-0.2, -0.15) is 5.10 Å². The molecule has 0 saturated heterocycles. The first-order valence-corrected chi connectivity index (χ1v) is 7.39. The van der Waals surface area contributed by atoms with E-state index in [4.69, 9.17) is 11.6 Å². The molecule has 1 atom stereocenters. The summed E-state index contributed by atoms with van der Waals surface area (Å²) in [6.07, 6.45) is 4.31. The summed E-state index contributed by atoms with van der Waals surface area (Å²) in [5.74, 6) is 0. The number of aryl methyl sites for hydroxylation is 2. The van der Waals surface area contributed by atoms with Gasteiger partial charge in [0, 0.05) is 18.9 Å². The summed E-state index contributed by atoms with van der Waals surface area (Å²) in [6, 6.07) is 4.33. The Morgan fingerprint density at radius 3 is 2.85 bits per heavy atom. The van der Waals surface area contributed by atoms with E-state index in [9.17, 15) is 0 Å². The molecule has 0 spiro atoms. The minimum atomic E-state index is 0.209. The fourth-order valence-electron chi connectivity index (χ4n) is 2.42. The molecule has 0 amide bonds. The van der Waals surface area contributed by atoms with Crippen LogP contribution in [0.1, 0.15) is 36.8 Å². The van der Waals surface area contributed by atoms with Crippen molar-refractivity contribution in [2.75, 3.05) is 6.54 Å². The third-order valence-corrected chi connectivity index (χ3v) is 3.66. The summed E-state index contributed by atoms with van der Waals surface area (Å²) >= 11 is 6.22. The lowest BCUT2D eigenvalue weighted by Crippen LogP contribution is -2.25. The van der Waals surface area contributed by atoms with Crippen molar-refractivity contribution < 1.29 is 0 Å². The number of hydrogen-bond donors (Lipinski definition) is 1. The number of likely N-dealkylation sites (N-methyl/N-ethyl adjacent to an activating group) is 1. The number of hydrogen-bond acceptors (Lipinski definition) is 3. The average Bonchev–Trinajstić information content (AvgIpc) is 2.82. The molecule has 1 unspecified atom stereocenters. The number of nitrogens with one attached hydrogen (secondary N) is 1. The molecule has 20 heavy (non-hydrogen) atoms. The summed E-state index contributed by atoms with van der Waals surface area (Å²) < 4.78 is 2.05. The standard InChI is InChI=1S/C15H21ClN4/c1-4-18-14(9-12-6-7-17-10-13(12)16)15-8-11(3)19-20(15)5-2/h6-8,10,14,18H,4-5,9H2,1-3H3. The minimum absolute atomic E-state index is 0.209. The molecule has 0 aliphatic rings. The van der Waals surface area contributed by atoms with E-state index in [0.29, 0.717) is 0 Å². The van der Waals surface area contributed by atoms with Gasteiger partial charge in [-0.1, -0.05) is 18.5 Å². The Kier molecular flexibility index (Phi) is 5.15. The Labute approximate surface area is 125 Å². The van der Waals surface area contributed by atoms with E-state index in [0.717, 1.165) is 35.8 Å². The molecular formula is C15H21ClN4. The van der Waals surface area contributed by atoms with Crippen LogP contribution in [0.4, 0.5) is 0 Å². The predicted octanol–water partition coefficient (Wildman–Crippen LogP) is 3.15. The number of halogens is 1. The third-order valence-electron chi connectivity index (χ3n) is 3.32. The van der Waals surface area contributed by atoms with Gasteiger partial charge in [-0.05, 0) is 44.5 Å². The van der Waals surface area contributed by atoms with Gasteiger partial charge in [0.2, 0.25) is 0 Å². The summed E-state index contributed by atoms with van der Waals surface area (Å²) in [4.78, 5) is 4.04. The number of pyridine rings is 1. The number of rotatable bonds is 6. The Balaban J connectivity index is 2.29. The van der Waals surface area contributed by atoms with Gasteiger partial charge in [0.15, 0.2) is 0 Å². The Morgan fingerprint density at radius 1 is 1.40 bits per heavy atom. The normalized spacial score (nSPS) is 12.6. The fraction of sp³-hybridized carbons (Fsp3) is 0.467. The highest BCUT2D eigenvalue weighted by atomic mass is 35.5. The Bertz CT molecular complexity index is 565. The third kappa shape index (κ3) is 3.38. The molecule has 0 fully saturated rings. The second-order valence-electron chi connectivity index (χ2n) is 4.81. The van der Waals surface area contributed by atoms with Crippen LogP contribution in [-0.2, 0) is 13.0 Å². The van der Waals surface area contributed by atoms with Gasteiger partial charge in [-0.3, -0.25) is 9.67 Å². The zero-order valence-electron chi connectivity index (χ0n) is 12.2. The molecule has 0 aliphatic heterocycles. The Hall–Kier alpha value is -1.39. The van der Waals surface area contributed by atoms with Crippen LogP contribution < -0.4 is 5.32 Å². The molecule has 2 aromatic heterocycles. The molecule has 0 aromatic carbocycles. The molecule has 0 radical (unpaired) electrons. The van der Waals surface area contributed by atoms with Gasteiger partial charge < -0.3 is 5.32 Å². The summed E-state index contributed by atoms with van der Waals surface area (Å²) in [7, 11) is 0. The van der Waals surface area contributed by atoms with Gasteiger partial charge in [-0.15, -0.1) is 0 Å². The first-order valence-electron chi connectivity index (χ1n) is 7.01. The molecule has 2 aromatic rings. The molecular weight excluding hydrogens is 272 g/mol. The van der Waals surface area contributed by atoms with Crippen LogP contribution in [0.5, 0.6) is 0 Å². The van der Waals surface area contributed by atoms with Crippen LogP contribution in [0.15, 0.2) is 24.5 Å². The van der Waals surface area contributed by atoms with Gasteiger partial charge in [-0.25, -0.2) is 0 Å². The smallest absolute Gasteiger partial charge is 0.0622 e. The van der Waals surface area contributed by atoms with Crippen molar-refractivity contribution in [2.45, 2.75) is 39.8 Å². The highest BCUT2D eigenvalue weighted by Crippen LogP contribution is 2.23. The Morgan fingerprint density at radius 2 is 2.20 bits per heavy atom. The zero-order valence-corrected chi connectivity index (χ0v) is 13.0. The lowest BCUT2D eigenvalue weighted by molar-refractivity contribution is 0.490. The van der Waals surface area contributed by atoms with E-state index in [2.05, 4.69) is 40.0 Å². The maximum Gasteiger partial charge on any atom is 0.0622 e. The van der Waals surface area contributed by atoms with Crippen LogP contribution in [0.25, 0.3) is 0 Å². The van der Waals surface area contributed by atoms with Crippen LogP contribution in [0, 0.1) is 6.92 Å². The van der Waals surface area contributed by atoms with Gasteiger partial charge in [0.25, 0.3) is 0 Å². The predicted molar refractivity (Wildman–Crippen MR) is 82.0 cm³/mol. The summed E-state index contributed by atoms with van der Waals surface area (Å²) in [5, 5.41) is 8.77. The lowest BCUT2D eigenvalue weighted by atomic mass is 10.0. The van der Waals surface area contributed by atoms with E-state index in [1.807, 2.05) is 13.0 Å². The van der Waals surface area contributed by atoms with Crippen LogP contribution >= 0.6 is 11.6 Å². The van der Waals surface area contributed by atoms with E-state index in [1.165, 1.54) is 5.69 Å². The first kappa shape index (κ1) is 15.0. The monoisotopic (exact) mass is 292 g/mol. The van der Waals surface area contributed by atoms with Crippen molar-refractivity contribution in [1.82, 2.24) is 20.1 Å². The summed E-state index contributed by atoms with van der Waals surface area (Å²) in [5.41, 5.74) is 3.36. The van der Waals surface area contributed by atoms with E-state index < -0.39 is 0 Å². The SMILES string of the molecule is CCNC(Cc1ccncc1Cl)c1cc(C)nn1CC. The van der Waals surface area contributed by atoms with E-state index in [-0.39, 0.29) is 6.04 Å². The molecule has 0 saturated carbocycles. The molecule has 2 heterocycles. The van der Waals surface area contributed by atoms with Crippen LogP contribution in [-0.4, -0.2) is 21.3 Å². The molecule has 5 heteroatoms. The molecule has 4 nitrogen and oxygen atoms in total. The first-order chi connectivity index (χ1) is 9.65. The largest absolute Gasteiger partial charge is 0.309 e.